The topological polar surface area (TPSA) is 87.2 Å². The highest BCUT2D eigenvalue weighted by Gasteiger charge is 2.18. The molecule has 0 unspecified atom stereocenters. The van der Waals surface area contributed by atoms with E-state index in [9.17, 15) is 14.0 Å². The standard InChI is InChI=1S/C17H14FN3O2/c18-14-4-6-15(7-5-14)21(9-8-16(20)22)17(23)13-3-1-2-12(10-13)11-19/h1-7,10H,8-9H2,(H2,20,22). The molecule has 2 amide bonds. The number of anilines is 1. The van der Waals surface area contributed by atoms with E-state index in [0.717, 1.165) is 0 Å². The third kappa shape index (κ3) is 4.14. The number of hydrogen-bond acceptors (Lipinski definition) is 3. The number of nitrogens with zero attached hydrogens (tertiary/aromatic N) is 2. The maximum atomic E-state index is 13.1. The minimum absolute atomic E-state index is 0.0267. The van der Waals surface area contributed by atoms with Crippen LogP contribution in [0.15, 0.2) is 48.5 Å². The number of benzene rings is 2. The van der Waals surface area contributed by atoms with Crippen LogP contribution >= 0.6 is 0 Å². The van der Waals surface area contributed by atoms with E-state index in [0.29, 0.717) is 16.8 Å². The van der Waals surface area contributed by atoms with E-state index in [1.54, 1.807) is 18.2 Å². The lowest BCUT2D eigenvalue weighted by atomic mass is 10.1. The van der Waals surface area contributed by atoms with Gasteiger partial charge in [-0.15, -0.1) is 0 Å². The van der Waals surface area contributed by atoms with Gasteiger partial charge in [-0.3, -0.25) is 9.59 Å². The van der Waals surface area contributed by atoms with Crippen molar-refractivity contribution in [3.8, 4) is 6.07 Å². The summed E-state index contributed by atoms with van der Waals surface area (Å²) in [5, 5.41) is 8.93. The number of halogens is 1. The molecule has 0 radical (unpaired) electrons. The summed E-state index contributed by atoms with van der Waals surface area (Å²) in [6.45, 7) is 0.0661. The first-order valence-corrected chi connectivity index (χ1v) is 6.87. The Balaban J connectivity index is 2.35. The highest BCUT2D eigenvalue weighted by molar-refractivity contribution is 6.06. The van der Waals surface area contributed by atoms with Gasteiger partial charge in [0.05, 0.1) is 11.6 Å². The number of hydrogen-bond donors (Lipinski definition) is 1. The largest absolute Gasteiger partial charge is 0.370 e. The Hall–Kier alpha value is -3.20. The molecule has 0 aliphatic heterocycles. The van der Waals surface area contributed by atoms with Crippen LogP contribution in [0.1, 0.15) is 22.3 Å². The Morgan fingerprint density at radius 3 is 2.48 bits per heavy atom. The first-order chi connectivity index (χ1) is 11.0. The SMILES string of the molecule is N#Cc1cccc(C(=O)N(CCC(N)=O)c2ccc(F)cc2)c1. The van der Waals surface area contributed by atoms with Crippen molar-refractivity contribution in [3.63, 3.8) is 0 Å². The molecule has 0 heterocycles. The molecule has 0 fully saturated rings. The predicted molar refractivity (Wildman–Crippen MR) is 83.0 cm³/mol. The lowest BCUT2D eigenvalue weighted by Crippen LogP contribution is -2.34. The zero-order valence-electron chi connectivity index (χ0n) is 12.2. The Bertz CT molecular complexity index is 766. The summed E-state index contributed by atoms with van der Waals surface area (Å²) >= 11 is 0. The van der Waals surface area contributed by atoms with Crippen molar-refractivity contribution >= 4 is 17.5 Å². The number of nitrogens with two attached hydrogens (primary N) is 1. The number of carbonyl (C=O) groups is 2. The average molecular weight is 311 g/mol. The summed E-state index contributed by atoms with van der Waals surface area (Å²) in [6.07, 6.45) is -0.0267. The Kier molecular flexibility index (Phi) is 5.05. The van der Waals surface area contributed by atoms with Crippen molar-refractivity contribution in [2.45, 2.75) is 6.42 Å². The van der Waals surface area contributed by atoms with Crippen molar-refractivity contribution in [2.24, 2.45) is 5.73 Å². The molecule has 2 N–H and O–H groups in total. The van der Waals surface area contributed by atoms with Crippen molar-refractivity contribution in [2.75, 3.05) is 11.4 Å². The van der Waals surface area contributed by atoms with E-state index in [1.165, 1.54) is 35.2 Å². The van der Waals surface area contributed by atoms with Crippen LogP contribution in [0.25, 0.3) is 0 Å². The number of amides is 2. The fourth-order valence-corrected chi connectivity index (χ4v) is 2.07. The van der Waals surface area contributed by atoms with Crippen LogP contribution < -0.4 is 10.6 Å². The molecule has 5 nitrogen and oxygen atoms in total. The number of primary amides is 1. The first kappa shape index (κ1) is 16.2. The lowest BCUT2D eigenvalue weighted by molar-refractivity contribution is -0.117. The molecule has 0 saturated carbocycles. The van der Waals surface area contributed by atoms with Crippen LogP contribution in [0, 0.1) is 17.1 Å². The van der Waals surface area contributed by atoms with E-state index in [2.05, 4.69) is 0 Å². The van der Waals surface area contributed by atoms with Gasteiger partial charge in [0.25, 0.3) is 5.91 Å². The van der Waals surface area contributed by atoms with Gasteiger partial charge in [0, 0.05) is 24.2 Å². The maximum absolute atomic E-state index is 13.1. The molecular formula is C17H14FN3O2. The first-order valence-electron chi connectivity index (χ1n) is 6.87. The van der Waals surface area contributed by atoms with Gasteiger partial charge < -0.3 is 10.6 Å². The Labute approximate surface area is 132 Å². The smallest absolute Gasteiger partial charge is 0.258 e. The van der Waals surface area contributed by atoms with Gasteiger partial charge in [0.1, 0.15) is 5.82 Å². The van der Waals surface area contributed by atoms with Gasteiger partial charge in [-0.2, -0.15) is 5.26 Å². The summed E-state index contributed by atoms with van der Waals surface area (Å²) in [5.41, 5.74) is 6.25. The molecule has 0 aliphatic carbocycles. The summed E-state index contributed by atoms with van der Waals surface area (Å²) < 4.78 is 13.1. The zero-order chi connectivity index (χ0) is 16.8. The average Bonchev–Trinajstić information content (AvgIpc) is 2.56. The third-order valence-corrected chi connectivity index (χ3v) is 3.20. The predicted octanol–water partition coefficient (Wildman–Crippen LogP) is 2.22. The highest BCUT2D eigenvalue weighted by atomic mass is 19.1. The van der Waals surface area contributed by atoms with Crippen LogP contribution in [0.3, 0.4) is 0 Å². The molecule has 116 valence electrons. The molecule has 23 heavy (non-hydrogen) atoms. The van der Waals surface area contributed by atoms with E-state index in [4.69, 9.17) is 11.0 Å². The molecule has 0 aromatic heterocycles. The minimum atomic E-state index is -0.546. The molecule has 0 spiro atoms. The summed E-state index contributed by atoms with van der Waals surface area (Å²) in [4.78, 5) is 25.0. The van der Waals surface area contributed by atoms with Crippen LogP contribution in [0.4, 0.5) is 10.1 Å². The Morgan fingerprint density at radius 2 is 1.87 bits per heavy atom. The van der Waals surface area contributed by atoms with Crippen LogP contribution in [-0.2, 0) is 4.79 Å². The molecule has 2 aromatic rings. The van der Waals surface area contributed by atoms with Gasteiger partial charge in [-0.1, -0.05) is 6.07 Å². The minimum Gasteiger partial charge on any atom is -0.370 e. The van der Waals surface area contributed by atoms with Crippen LogP contribution in [0.2, 0.25) is 0 Å². The fraction of sp³-hybridized carbons (Fsp3) is 0.118. The van der Waals surface area contributed by atoms with Gasteiger partial charge in [0.15, 0.2) is 0 Å². The van der Waals surface area contributed by atoms with Crippen molar-refractivity contribution in [1.29, 1.82) is 5.26 Å². The molecule has 2 rings (SSSR count). The van der Waals surface area contributed by atoms with Crippen molar-refractivity contribution in [1.82, 2.24) is 0 Å². The summed E-state index contributed by atoms with van der Waals surface area (Å²) in [7, 11) is 0. The lowest BCUT2D eigenvalue weighted by Gasteiger charge is -2.22. The molecule has 2 aromatic carbocycles. The number of nitriles is 1. The third-order valence-electron chi connectivity index (χ3n) is 3.20. The van der Waals surface area contributed by atoms with E-state index in [1.807, 2.05) is 6.07 Å². The molecule has 0 atom stereocenters. The van der Waals surface area contributed by atoms with Crippen molar-refractivity contribution < 1.29 is 14.0 Å². The van der Waals surface area contributed by atoms with Gasteiger partial charge in [-0.05, 0) is 42.5 Å². The summed E-state index contributed by atoms with van der Waals surface area (Å²) in [6, 6.07) is 13.5. The highest BCUT2D eigenvalue weighted by Crippen LogP contribution is 2.19. The second kappa shape index (κ2) is 7.18. The molecule has 0 saturated heterocycles. The van der Waals surface area contributed by atoms with Gasteiger partial charge >= 0.3 is 0 Å². The molecule has 6 heteroatoms. The van der Waals surface area contributed by atoms with E-state index < -0.39 is 17.6 Å². The van der Waals surface area contributed by atoms with Gasteiger partial charge in [0.2, 0.25) is 5.91 Å². The van der Waals surface area contributed by atoms with Crippen molar-refractivity contribution in [3.05, 3.63) is 65.5 Å². The maximum Gasteiger partial charge on any atom is 0.258 e. The monoisotopic (exact) mass is 311 g/mol. The molecule has 0 aliphatic rings. The second-order valence-corrected chi connectivity index (χ2v) is 4.84. The Morgan fingerprint density at radius 1 is 1.17 bits per heavy atom. The quantitative estimate of drug-likeness (QED) is 0.918. The number of rotatable bonds is 5. The van der Waals surface area contributed by atoms with E-state index >= 15 is 0 Å². The normalized spacial score (nSPS) is 9.91. The summed E-state index contributed by atoms with van der Waals surface area (Å²) in [5.74, 6) is -1.37. The fourth-order valence-electron chi connectivity index (χ4n) is 2.07. The zero-order valence-corrected chi connectivity index (χ0v) is 12.2. The van der Waals surface area contributed by atoms with Crippen LogP contribution in [0.5, 0.6) is 0 Å². The van der Waals surface area contributed by atoms with Crippen LogP contribution in [-0.4, -0.2) is 18.4 Å². The molecular weight excluding hydrogens is 297 g/mol. The van der Waals surface area contributed by atoms with Gasteiger partial charge in [-0.25, -0.2) is 4.39 Å². The van der Waals surface area contributed by atoms with E-state index in [-0.39, 0.29) is 13.0 Å². The molecule has 0 bridgehead atoms. The number of carbonyl (C=O) groups excluding carboxylic acids is 2. The second-order valence-electron chi connectivity index (χ2n) is 4.84.